The summed E-state index contributed by atoms with van der Waals surface area (Å²) in [6.07, 6.45) is 1.99. The molecule has 2 rings (SSSR count). The van der Waals surface area contributed by atoms with Gasteiger partial charge in [-0.1, -0.05) is 18.2 Å². The second kappa shape index (κ2) is 4.84. The molecule has 0 saturated heterocycles. The number of carbonyl (C=O) groups excluding carboxylic acids is 1. The van der Waals surface area contributed by atoms with Gasteiger partial charge in [-0.05, 0) is 25.8 Å². The van der Waals surface area contributed by atoms with Gasteiger partial charge in [0.2, 0.25) is 5.91 Å². The van der Waals surface area contributed by atoms with Crippen LogP contribution < -0.4 is 5.73 Å². The summed E-state index contributed by atoms with van der Waals surface area (Å²) < 4.78 is 13.5. The van der Waals surface area contributed by atoms with Gasteiger partial charge in [0.15, 0.2) is 0 Å². The second-order valence-corrected chi connectivity index (χ2v) is 4.58. The summed E-state index contributed by atoms with van der Waals surface area (Å²) in [6.45, 7) is 1.98. The lowest BCUT2D eigenvalue weighted by Crippen LogP contribution is -2.43. The molecule has 1 aromatic rings. The van der Waals surface area contributed by atoms with E-state index in [9.17, 15) is 9.18 Å². The van der Waals surface area contributed by atoms with Crippen LogP contribution in [0.5, 0.6) is 0 Å². The van der Waals surface area contributed by atoms with E-state index in [1.807, 2.05) is 0 Å². The fraction of sp³-hybridized carbons (Fsp3) is 0.462. The molecule has 1 aliphatic rings. The van der Waals surface area contributed by atoms with Gasteiger partial charge in [0.05, 0.1) is 6.04 Å². The van der Waals surface area contributed by atoms with Crippen molar-refractivity contribution in [3.05, 3.63) is 35.6 Å². The highest BCUT2D eigenvalue weighted by Gasteiger charge is 2.33. The Morgan fingerprint density at radius 1 is 1.53 bits per heavy atom. The maximum Gasteiger partial charge on any atom is 0.239 e. The smallest absolute Gasteiger partial charge is 0.239 e. The lowest BCUT2D eigenvalue weighted by atomic mass is 10.2. The number of carbonyl (C=O) groups is 1. The average Bonchev–Trinajstić information content (AvgIpc) is 3.11. The summed E-state index contributed by atoms with van der Waals surface area (Å²) in [4.78, 5) is 13.6. The molecule has 1 amide bonds. The highest BCUT2D eigenvalue weighted by Crippen LogP contribution is 2.29. The van der Waals surface area contributed by atoms with Gasteiger partial charge in [-0.3, -0.25) is 4.79 Å². The zero-order chi connectivity index (χ0) is 12.4. The van der Waals surface area contributed by atoms with Crippen LogP contribution in [0, 0.1) is 5.82 Å². The highest BCUT2D eigenvalue weighted by atomic mass is 19.1. The summed E-state index contributed by atoms with van der Waals surface area (Å²) in [7, 11) is 0. The molecule has 0 aromatic heterocycles. The van der Waals surface area contributed by atoms with E-state index in [1.165, 1.54) is 6.07 Å². The molecule has 1 aromatic carbocycles. The van der Waals surface area contributed by atoms with Crippen molar-refractivity contribution < 1.29 is 9.18 Å². The molecule has 0 aliphatic heterocycles. The molecule has 0 bridgehead atoms. The number of rotatable bonds is 4. The molecule has 1 saturated carbocycles. The number of amides is 1. The monoisotopic (exact) mass is 236 g/mol. The van der Waals surface area contributed by atoms with Gasteiger partial charge in [0.1, 0.15) is 5.82 Å². The molecule has 2 N–H and O–H groups in total. The lowest BCUT2D eigenvalue weighted by Gasteiger charge is -2.24. The first kappa shape index (κ1) is 12.0. The van der Waals surface area contributed by atoms with Crippen LogP contribution >= 0.6 is 0 Å². The Balaban J connectivity index is 2.13. The molecule has 92 valence electrons. The van der Waals surface area contributed by atoms with Gasteiger partial charge < -0.3 is 10.6 Å². The van der Waals surface area contributed by atoms with E-state index in [0.717, 1.165) is 12.8 Å². The molecular formula is C13H17FN2O. The minimum absolute atomic E-state index is 0.101. The quantitative estimate of drug-likeness (QED) is 0.864. The molecule has 1 atom stereocenters. The van der Waals surface area contributed by atoms with Crippen molar-refractivity contribution in [2.45, 2.75) is 38.4 Å². The van der Waals surface area contributed by atoms with Crippen LogP contribution in [-0.4, -0.2) is 22.9 Å². The van der Waals surface area contributed by atoms with Crippen LogP contribution in [0.1, 0.15) is 25.3 Å². The third-order valence-corrected chi connectivity index (χ3v) is 2.96. The third-order valence-electron chi connectivity index (χ3n) is 2.96. The third kappa shape index (κ3) is 2.82. The fourth-order valence-corrected chi connectivity index (χ4v) is 1.84. The lowest BCUT2D eigenvalue weighted by molar-refractivity contribution is -0.133. The summed E-state index contributed by atoms with van der Waals surface area (Å²) in [5.74, 6) is -0.369. The summed E-state index contributed by atoms with van der Waals surface area (Å²) in [6, 6.07) is 6.26. The zero-order valence-corrected chi connectivity index (χ0v) is 9.90. The number of nitrogens with two attached hydrogens (primary N) is 1. The van der Waals surface area contributed by atoms with Gasteiger partial charge in [-0.25, -0.2) is 4.39 Å². The number of nitrogens with zero attached hydrogens (tertiary/aromatic N) is 1. The molecular weight excluding hydrogens is 219 g/mol. The van der Waals surface area contributed by atoms with Gasteiger partial charge in [-0.15, -0.1) is 0 Å². The Bertz CT molecular complexity index is 416. The van der Waals surface area contributed by atoms with Gasteiger partial charge in [-0.2, -0.15) is 0 Å². The molecule has 4 heteroatoms. The van der Waals surface area contributed by atoms with E-state index in [0.29, 0.717) is 12.1 Å². The van der Waals surface area contributed by atoms with E-state index in [-0.39, 0.29) is 17.8 Å². The maximum absolute atomic E-state index is 13.5. The van der Waals surface area contributed by atoms with Crippen molar-refractivity contribution >= 4 is 5.91 Å². The van der Waals surface area contributed by atoms with E-state index in [4.69, 9.17) is 5.73 Å². The number of benzene rings is 1. The fourth-order valence-electron chi connectivity index (χ4n) is 1.84. The predicted octanol–water partition coefficient (Wildman–Crippen LogP) is 1.66. The Kier molecular flexibility index (Phi) is 3.43. The molecule has 0 heterocycles. The minimum atomic E-state index is -0.526. The number of hydrogen-bond donors (Lipinski definition) is 1. The highest BCUT2D eigenvalue weighted by molar-refractivity contribution is 5.81. The van der Waals surface area contributed by atoms with Crippen molar-refractivity contribution in [2.75, 3.05) is 0 Å². The first-order valence-corrected chi connectivity index (χ1v) is 5.89. The van der Waals surface area contributed by atoms with Crippen molar-refractivity contribution in [3.8, 4) is 0 Å². The van der Waals surface area contributed by atoms with Gasteiger partial charge in [0, 0.05) is 18.2 Å². The van der Waals surface area contributed by atoms with Crippen LogP contribution in [0.25, 0.3) is 0 Å². The Morgan fingerprint density at radius 3 is 2.71 bits per heavy atom. The second-order valence-electron chi connectivity index (χ2n) is 4.58. The first-order valence-electron chi connectivity index (χ1n) is 5.89. The SMILES string of the molecule is CC(N)C(=O)N(Cc1ccccc1F)C1CC1. The molecule has 3 nitrogen and oxygen atoms in total. The van der Waals surface area contributed by atoms with Crippen molar-refractivity contribution in [3.63, 3.8) is 0 Å². The first-order chi connectivity index (χ1) is 8.09. The van der Waals surface area contributed by atoms with Crippen molar-refractivity contribution in [2.24, 2.45) is 5.73 Å². The zero-order valence-electron chi connectivity index (χ0n) is 9.90. The van der Waals surface area contributed by atoms with E-state index < -0.39 is 6.04 Å². The topological polar surface area (TPSA) is 46.3 Å². The van der Waals surface area contributed by atoms with Crippen molar-refractivity contribution in [1.82, 2.24) is 4.90 Å². The number of hydrogen-bond acceptors (Lipinski definition) is 2. The molecule has 1 fully saturated rings. The molecule has 1 unspecified atom stereocenters. The maximum atomic E-state index is 13.5. The van der Waals surface area contributed by atoms with Crippen LogP contribution in [0.15, 0.2) is 24.3 Å². The predicted molar refractivity (Wildman–Crippen MR) is 63.6 cm³/mol. The average molecular weight is 236 g/mol. The van der Waals surface area contributed by atoms with E-state index >= 15 is 0 Å². The van der Waals surface area contributed by atoms with Crippen LogP contribution in [0.3, 0.4) is 0 Å². The van der Waals surface area contributed by atoms with Crippen LogP contribution in [0.2, 0.25) is 0 Å². The minimum Gasteiger partial charge on any atom is -0.334 e. The van der Waals surface area contributed by atoms with E-state index in [1.54, 1.807) is 30.0 Å². The summed E-state index contributed by atoms with van der Waals surface area (Å²) >= 11 is 0. The normalized spacial score (nSPS) is 16.6. The van der Waals surface area contributed by atoms with Gasteiger partial charge >= 0.3 is 0 Å². The Hall–Kier alpha value is -1.42. The largest absolute Gasteiger partial charge is 0.334 e. The molecule has 1 aliphatic carbocycles. The Labute approximate surface area is 100 Å². The standard InChI is InChI=1S/C13H17FN2O/c1-9(15)13(17)16(11-6-7-11)8-10-4-2-3-5-12(10)14/h2-5,9,11H,6-8,15H2,1H3. The van der Waals surface area contributed by atoms with Gasteiger partial charge in [0.25, 0.3) is 0 Å². The van der Waals surface area contributed by atoms with E-state index in [2.05, 4.69) is 0 Å². The van der Waals surface area contributed by atoms with Crippen LogP contribution in [-0.2, 0) is 11.3 Å². The van der Waals surface area contributed by atoms with Crippen molar-refractivity contribution in [1.29, 1.82) is 0 Å². The number of halogens is 1. The molecule has 17 heavy (non-hydrogen) atoms. The summed E-state index contributed by atoms with van der Waals surface area (Å²) in [5, 5.41) is 0. The Morgan fingerprint density at radius 2 is 2.18 bits per heavy atom. The molecule has 0 spiro atoms. The summed E-state index contributed by atoms with van der Waals surface area (Å²) in [5.41, 5.74) is 6.16. The van der Waals surface area contributed by atoms with Crippen LogP contribution in [0.4, 0.5) is 4.39 Å². The molecule has 0 radical (unpaired) electrons.